The first-order valence-corrected chi connectivity index (χ1v) is 11.5. The summed E-state index contributed by atoms with van der Waals surface area (Å²) < 4.78 is 37.9. The van der Waals surface area contributed by atoms with Gasteiger partial charge in [0.25, 0.3) is 11.6 Å². The van der Waals surface area contributed by atoms with E-state index >= 15 is 0 Å². The van der Waals surface area contributed by atoms with Crippen LogP contribution in [0.15, 0.2) is 63.0 Å². The summed E-state index contributed by atoms with van der Waals surface area (Å²) in [4.78, 5) is 24.6. The summed E-state index contributed by atoms with van der Waals surface area (Å²) in [6.07, 6.45) is 0. The van der Waals surface area contributed by atoms with Crippen molar-refractivity contribution in [1.82, 2.24) is 9.21 Å². The summed E-state index contributed by atoms with van der Waals surface area (Å²) in [5.74, 6) is -0.0583. The molecule has 0 unspecified atom stereocenters. The lowest BCUT2D eigenvalue weighted by Gasteiger charge is -2.33. The van der Waals surface area contributed by atoms with Crippen molar-refractivity contribution >= 4 is 32.6 Å². The monoisotopic (exact) mass is 488 g/mol. The number of nitrogens with zero attached hydrogens (tertiary/aromatic N) is 4. The van der Waals surface area contributed by atoms with Crippen molar-refractivity contribution in [3.8, 4) is 5.75 Å². The van der Waals surface area contributed by atoms with E-state index in [9.17, 15) is 28.5 Å². The number of nitro benzene ring substituents is 1. The van der Waals surface area contributed by atoms with Crippen LogP contribution >= 0.6 is 0 Å². The first-order valence-electron chi connectivity index (χ1n) is 10.1. The minimum atomic E-state index is -3.88. The molecule has 1 aromatic heterocycles. The Morgan fingerprint density at radius 3 is 2.38 bits per heavy atom. The lowest BCUT2D eigenvalue weighted by atomic mass is 10.2. The third-order valence-electron chi connectivity index (χ3n) is 5.48. The average molecular weight is 488 g/mol. The Bertz CT molecular complexity index is 1430. The normalized spacial score (nSPS) is 15.4. The average Bonchev–Trinajstić information content (AvgIpc) is 2.87. The molecule has 1 fully saturated rings. The van der Waals surface area contributed by atoms with Gasteiger partial charge in [0.05, 0.1) is 16.9 Å². The Kier molecular flexibility index (Phi) is 6.22. The highest BCUT2D eigenvalue weighted by Gasteiger charge is 2.31. The fraction of sp³-hybridized carbons (Fsp3) is 0.238. The topological polar surface area (TPSA) is 156 Å². The number of rotatable bonds is 5. The number of amides is 1. The maximum absolute atomic E-state index is 13.0. The second-order valence-corrected chi connectivity index (χ2v) is 9.34. The molecule has 2 heterocycles. The van der Waals surface area contributed by atoms with Crippen LogP contribution in [0.1, 0.15) is 10.6 Å². The van der Waals surface area contributed by atoms with Crippen molar-refractivity contribution in [3.63, 3.8) is 0 Å². The third-order valence-corrected chi connectivity index (χ3v) is 7.40. The van der Waals surface area contributed by atoms with E-state index < -0.39 is 20.9 Å². The molecule has 1 N–H and O–H groups in total. The number of ether oxygens (including phenoxy) is 1. The van der Waals surface area contributed by atoms with Gasteiger partial charge in [-0.05, 0) is 24.3 Å². The SMILES string of the molecule is COc1ccc2/c(=N/O)cc(C(=O)N3CCN(S(=O)(=O)c4ccc([N+](=O)[O-])cc4)CC3)oc2c1. The van der Waals surface area contributed by atoms with Crippen LogP contribution in [-0.2, 0) is 10.0 Å². The van der Waals surface area contributed by atoms with Crippen molar-refractivity contribution < 1.29 is 32.5 Å². The Balaban J connectivity index is 1.52. The van der Waals surface area contributed by atoms with E-state index in [0.717, 1.165) is 12.1 Å². The number of carbonyl (C=O) groups is 1. The van der Waals surface area contributed by atoms with Gasteiger partial charge in [-0.3, -0.25) is 14.9 Å². The van der Waals surface area contributed by atoms with Crippen molar-refractivity contribution in [1.29, 1.82) is 0 Å². The number of nitro groups is 1. The van der Waals surface area contributed by atoms with Crippen molar-refractivity contribution in [2.24, 2.45) is 5.16 Å². The zero-order valence-electron chi connectivity index (χ0n) is 17.9. The minimum absolute atomic E-state index is 0.0314. The van der Waals surface area contributed by atoms with E-state index in [0.29, 0.717) is 11.1 Å². The van der Waals surface area contributed by atoms with Crippen LogP contribution in [-0.4, -0.2) is 66.9 Å². The summed E-state index contributed by atoms with van der Waals surface area (Å²) in [7, 11) is -2.39. The van der Waals surface area contributed by atoms with Gasteiger partial charge in [0.1, 0.15) is 16.7 Å². The molecule has 4 rings (SSSR count). The van der Waals surface area contributed by atoms with Gasteiger partial charge < -0.3 is 19.3 Å². The van der Waals surface area contributed by atoms with Gasteiger partial charge in [-0.2, -0.15) is 4.31 Å². The number of hydrogen-bond acceptors (Lipinski definition) is 9. The Morgan fingerprint density at radius 2 is 1.79 bits per heavy atom. The molecule has 178 valence electrons. The number of methoxy groups -OCH3 is 1. The van der Waals surface area contributed by atoms with Gasteiger partial charge in [-0.1, -0.05) is 5.16 Å². The molecule has 3 aromatic rings. The largest absolute Gasteiger partial charge is 0.497 e. The summed E-state index contributed by atoms with van der Waals surface area (Å²) in [6.45, 7) is 0.262. The molecule has 1 aliphatic rings. The molecule has 0 radical (unpaired) electrons. The van der Waals surface area contributed by atoms with Crippen molar-refractivity contribution in [3.05, 3.63) is 69.8 Å². The second-order valence-electron chi connectivity index (χ2n) is 7.41. The fourth-order valence-electron chi connectivity index (χ4n) is 3.64. The number of piperazine rings is 1. The van der Waals surface area contributed by atoms with Crippen LogP contribution in [0, 0.1) is 10.1 Å². The molecular weight excluding hydrogens is 468 g/mol. The minimum Gasteiger partial charge on any atom is -0.497 e. The van der Waals surface area contributed by atoms with E-state index in [1.165, 1.54) is 34.5 Å². The highest BCUT2D eigenvalue weighted by atomic mass is 32.2. The maximum Gasteiger partial charge on any atom is 0.289 e. The van der Waals surface area contributed by atoms with Crippen LogP contribution in [0.2, 0.25) is 0 Å². The number of sulfonamides is 1. The fourth-order valence-corrected chi connectivity index (χ4v) is 5.06. The standard InChI is InChI=1S/C21H20N4O8S/c1-32-15-4-7-17-18(22-27)13-20(33-19(17)12-15)21(26)23-8-10-24(11-9-23)34(30,31)16-5-2-14(3-6-16)25(28)29/h2-7,12-13,27H,8-11H2,1H3/b22-18+. The molecule has 0 spiro atoms. The summed E-state index contributed by atoms with van der Waals surface area (Å²) in [6, 6.07) is 10.8. The van der Waals surface area contributed by atoms with Gasteiger partial charge >= 0.3 is 0 Å². The molecular formula is C21H20N4O8S. The van der Waals surface area contributed by atoms with Crippen LogP contribution in [0.3, 0.4) is 0 Å². The first kappa shape index (κ1) is 23.2. The molecule has 12 nitrogen and oxygen atoms in total. The highest BCUT2D eigenvalue weighted by Crippen LogP contribution is 2.23. The number of hydrogen-bond donors (Lipinski definition) is 1. The molecule has 0 saturated carbocycles. The summed E-state index contributed by atoms with van der Waals surface area (Å²) in [5, 5.41) is 24.0. The summed E-state index contributed by atoms with van der Waals surface area (Å²) >= 11 is 0. The van der Waals surface area contributed by atoms with Gasteiger partial charge in [-0.15, -0.1) is 0 Å². The molecule has 0 atom stereocenters. The van der Waals surface area contributed by atoms with Gasteiger partial charge in [0.2, 0.25) is 10.0 Å². The third kappa shape index (κ3) is 4.30. The van der Waals surface area contributed by atoms with E-state index in [1.807, 2.05) is 0 Å². The Labute approximate surface area is 193 Å². The van der Waals surface area contributed by atoms with Crippen LogP contribution < -0.4 is 10.1 Å². The summed E-state index contributed by atoms with van der Waals surface area (Å²) in [5.41, 5.74) is 0.0810. The molecule has 34 heavy (non-hydrogen) atoms. The van der Waals surface area contributed by atoms with Crippen molar-refractivity contribution in [2.45, 2.75) is 4.90 Å². The molecule has 1 aliphatic heterocycles. The predicted octanol–water partition coefficient (Wildman–Crippen LogP) is 1.79. The number of carbonyl (C=O) groups excluding carboxylic acids is 1. The Morgan fingerprint density at radius 1 is 1.12 bits per heavy atom. The number of benzene rings is 2. The molecule has 1 amide bonds. The van der Waals surface area contributed by atoms with Crippen LogP contribution in [0.25, 0.3) is 11.0 Å². The lowest BCUT2D eigenvalue weighted by Crippen LogP contribution is -2.50. The van der Waals surface area contributed by atoms with Gasteiger partial charge in [0, 0.05) is 55.8 Å². The van der Waals surface area contributed by atoms with E-state index in [2.05, 4.69) is 5.16 Å². The first-order chi connectivity index (χ1) is 16.2. The zero-order valence-corrected chi connectivity index (χ0v) is 18.8. The maximum atomic E-state index is 13.0. The van der Waals surface area contributed by atoms with E-state index in [4.69, 9.17) is 9.15 Å². The lowest BCUT2D eigenvalue weighted by molar-refractivity contribution is -0.384. The van der Waals surface area contributed by atoms with Crippen molar-refractivity contribution in [2.75, 3.05) is 33.3 Å². The van der Waals surface area contributed by atoms with Gasteiger partial charge in [0.15, 0.2) is 5.76 Å². The molecule has 0 aliphatic carbocycles. The quantitative estimate of drug-likeness (QED) is 0.324. The number of non-ortho nitro benzene ring substituents is 1. The smallest absolute Gasteiger partial charge is 0.289 e. The molecule has 0 bridgehead atoms. The highest BCUT2D eigenvalue weighted by molar-refractivity contribution is 7.89. The zero-order chi connectivity index (χ0) is 24.5. The van der Waals surface area contributed by atoms with Crippen LogP contribution in [0.4, 0.5) is 5.69 Å². The van der Waals surface area contributed by atoms with Gasteiger partial charge in [-0.25, -0.2) is 8.42 Å². The Hall–Kier alpha value is -3.97. The molecule has 2 aromatic carbocycles. The number of fused-ring (bicyclic) bond motifs is 1. The molecule has 13 heteroatoms. The molecule has 1 saturated heterocycles. The van der Waals surface area contributed by atoms with E-state index in [-0.39, 0.29) is 53.5 Å². The van der Waals surface area contributed by atoms with Crippen LogP contribution in [0.5, 0.6) is 5.75 Å². The van der Waals surface area contributed by atoms with E-state index in [1.54, 1.807) is 18.2 Å². The second kappa shape index (κ2) is 9.11. The predicted molar refractivity (Wildman–Crippen MR) is 118 cm³/mol.